The zero-order valence-corrected chi connectivity index (χ0v) is 8.40. The van der Waals surface area contributed by atoms with Crippen LogP contribution in [0.4, 0.5) is 0 Å². The van der Waals surface area contributed by atoms with Gasteiger partial charge in [0.25, 0.3) is 5.79 Å². The van der Waals surface area contributed by atoms with Crippen LogP contribution in [0.15, 0.2) is 0 Å². The van der Waals surface area contributed by atoms with Gasteiger partial charge in [-0.2, -0.15) is 0 Å². The van der Waals surface area contributed by atoms with Crippen molar-refractivity contribution in [2.24, 2.45) is 0 Å². The molecule has 0 fully saturated rings. The Morgan fingerprint density at radius 2 is 1.86 bits per heavy atom. The molecule has 0 aromatic carbocycles. The molecule has 0 spiro atoms. The second-order valence-electron chi connectivity index (χ2n) is 2.46. The lowest BCUT2D eigenvalue weighted by Crippen LogP contribution is -2.44. The van der Waals surface area contributed by atoms with Crippen LogP contribution in [0.3, 0.4) is 0 Å². The number of hydrogen-bond acceptors (Lipinski definition) is 6. The lowest BCUT2D eigenvalue weighted by atomic mass is 10.2. The van der Waals surface area contributed by atoms with E-state index in [1.54, 1.807) is 6.92 Å². The van der Waals surface area contributed by atoms with Gasteiger partial charge in [0.05, 0.1) is 14.2 Å². The third-order valence-corrected chi connectivity index (χ3v) is 1.50. The molecule has 0 radical (unpaired) electrons. The molecule has 0 heterocycles. The minimum atomic E-state index is -2.25. The van der Waals surface area contributed by atoms with Crippen LogP contribution < -0.4 is 0 Å². The number of ether oxygens (including phenoxy) is 3. The van der Waals surface area contributed by atoms with E-state index in [2.05, 4.69) is 9.47 Å². The van der Waals surface area contributed by atoms with Crippen molar-refractivity contribution in [3.05, 3.63) is 0 Å². The van der Waals surface area contributed by atoms with Gasteiger partial charge in [-0.05, 0) is 6.92 Å². The highest BCUT2D eigenvalue weighted by Gasteiger charge is 2.41. The lowest BCUT2D eigenvalue weighted by Gasteiger charge is -2.23. The fraction of sp³-hybridized carbons (Fsp3) is 0.750. The fourth-order valence-corrected chi connectivity index (χ4v) is 0.848. The maximum absolute atomic E-state index is 11.1. The zero-order chi connectivity index (χ0) is 11.2. The highest BCUT2D eigenvalue weighted by molar-refractivity contribution is 5.84. The van der Waals surface area contributed by atoms with E-state index in [1.807, 2.05) is 0 Å². The van der Waals surface area contributed by atoms with Crippen LogP contribution in [0.2, 0.25) is 0 Å². The molecule has 0 saturated carbocycles. The van der Waals surface area contributed by atoms with Crippen molar-refractivity contribution in [3.8, 4) is 0 Å². The third kappa shape index (κ3) is 3.31. The number of aliphatic hydroxyl groups is 1. The first-order valence-electron chi connectivity index (χ1n) is 4.01. The monoisotopic (exact) mass is 206 g/mol. The van der Waals surface area contributed by atoms with E-state index in [0.717, 1.165) is 14.2 Å². The molecule has 6 heteroatoms. The Bertz CT molecular complexity index is 214. The van der Waals surface area contributed by atoms with Gasteiger partial charge >= 0.3 is 11.9 Å². The van der Waals surface area contributed by atoms with Gasteiger partial charge in [-0.25, -0.2) is 4.79 Å². The number of rotatable bonds is 5. The van der Waals surface area contributed by atoms with Gasteiger partial charge in [0.1, 0.15) is 6.42 Å². The second-order valence-corrected chi connectivity index (χ2v) is 2.46. The molecule has 0 aliphatic heterocycles. The number of hydrogen-bond donors (Lipinski definition) is 1. The lowest BCUT2D eigenvalue weighted by molar-refractivity contribution is -0.229. The molecule has 14 heavy (non-hydrogen) atoms. The average molecular weight is 206 g/mol. The van der Waals surface area contributed by atoms with Gasteiger partial charge in [0.2, 0.25) is 0 Å². The summed E-state index contributed by atoms with van der Waals surface area (Å²) in [7, 11) is 2.23. The number of methoxy groups -OCH3 is 2. The molecule has 0 amide bonds. The minimum Gasteiger partial charge on any atom is -0.469 e. The molecule has 0 saturated heterocycles. The van der Waals surface area contributed by atoms with E-state index in [9.17, 15) is 14.7 Å². The molecule has 0 bridgehead atoms. The summed E-state index contributed by atoms with van der Waals surface area (Å²) in [5.74, 6) is -4.03. The van der Waals surface area contributed by atoms with E-state index in [0.29, 0.717) is 0 Å². The third-order valence-electron chi connectivity index (χ3n) is 1.50. The van der Waals surface area contributed by atoms with Crippen LogP contribution in [0.25, 0.3) is 0 Å². The van der Waals surface area contributed by atoms with Crippen molar-refractivity contribution < 1.29 is 28.9 Å². The molecule has 0 aliphatic rings. The Kier molecular flexibility index (Phi) is 5.11. The summed E-state index contributed by atoms with van der Waals surface area (Å²) in [6.07, 6.45) is -0.593. The molecule has 82 valence electrons. The van der Waals surface area contributed by atoms with Gasteiger partial charge in [-0.1, -0.05) is 0 Å². The molecular weight excluding hydrogens is 192 g/mol. The standard InChI is InChI=1S/C8H14O6/c1-4-14-8(11,7(10)13-3)5-6(9)12-2/h11H,4-5H2,1-3H3. The van der Waals surface area contributed by atoms with Crippen LogP contribution in [0.1, 0.15) is 13.3 Å². The van der Waals surface area contributed by atoms with Gasteiger partial charge in [-0.15, -0.1) is 0 Å². The Morgan fingerprint density at radius 3 is 2.21 bits per heavy atom. The van der Waals surface area contributed by atoms with E-state index >= 15 is 0 Å². The fourth-order valence-electron chi connectivity index (χ4n) is 0.848. The van der Waals surface area contributed by atoms with Crippen LogP contribution in [0, 0.1) is 0 Å². The summed E-state index contributed by atoms with van der Waals surface area (Å²) in [5, 5.41) is 9.58. The number of carbonyl (C=O) groups is 2. The molecule has 0 aliphatic carbocycles. The molecule has 0 rings (SSSR count). The Balaban J connectivity index is 4.54. The van der Waals surface area contributed by atoms with Crippen molar-refractivity contribution in [2.45, 2.75) is 19.1 Å². The highest BCUT2D eigenvalue weighted by Crippen LogP contribution is 2.15. The van der Waals surface area contributed by atoms with Gasteiger partial charge in [-0.3, -0.25) is 4.79 Å². The van der Waals surface area contributed by atoms with Gasteiger partial charge in [0.15, 0.2) is 0 Å². The predicted molar refractivity (Wildman–Crippen MR) is 45.2 cm³/mol. The van der Waals surface area contributed by atoms with E-state index in [-0.39, 0.29) is 6.61 Å². The van der Waals surface area contributed by atoms with Crippen molar-refractivity contribution in [1.82, 2.24) is 0 Å². The van der Waals surface area contributed by atoms with Crippen LogP contribution in [-0.4, -0.2) is 43.7 Å². The Hall–Kier alpha value is -1.14. The Labute approximate surface area is 81.8 Å². The number of esters is 2. The van der Waals surface area contributed by atoms with Crippen LogP contribution in [0.5, 0.6) is 0 Å². The maximum Gasteiger partial charge on any atom is 0.367 e. The SMILES string of the molecule is CCOC(O)(CC(=O)OC)C(=O)OC. The summed E-state index contributed by atoms with van der Waals surface area (Å²) < 4.78 is 13.3. The van der Waals surface area contributed by atoms with Crippen molar-refractivity contribution in [3.63, 3.8) is 0 Å². The van der Waals surface area contributed by atoms with Gasteiger partial charge < -0.3 is 19.3 Å². The van der Waals surface area contributed by atoms with Crippen LogP contribution >= 0.6 is 0 Å². The Morgan fingerprint density at radius 1 is 1.29 bits per heavy atom. The van der Waals surface area contributed by atoms with E-state index in [4.69, 9.17) is 4.74 Å². The topological polar surface area (TPSA) is 82.1 Å². The quantitative estimate of drug-likeness (QED) is 0.480. The zero-order valence-electron chi connectivity index (χ0n) is 8.40. The average Bonchev–Trinajstić information content (AvgIpc) is 2.16. The first kappa shape index (κ1) is 12.9. The second kappa shape index (κ2) is 5.56. The molecule has 6 nitrogen and oxygen atoms in total. The maximum atomic E-state index is 11.1. The molecular formula is C8H14O6. The smallest absolute Gasteiger partial charge is 0.367 e. The minimum absolute atomic E-state index is 0.0720. The largest absolute Gasteiger partial charge is 0.469 e. The summed E-state index contributed by atoms with van der Waals surface area (Å²) in [6, 6.07) is 0. The summed E-state index contributed by atoms with van der Waals surface area (Å²) >= 11 is 0. The van der Waals surface area contributed by atoms with Crippen molar-refractivity contribution in [1.29, 1.82) is 0 Å². The molecule has 1 atom stereocenters. The molecule has 0 aromatic rings. The van der Waals surface area contributed by atoms with Gasteiger partial charge in [0, 0.05) is 6.61 Å². The van der Waals surface area contributed by atoms with Crippen LogP contribution in [-0.2, 0) is 23.8 Å². The summed E-state index contributed by atoms with van der Waals surface area (Å²) in [6.45, 7) is 1.65. The molecule has 1 N–H and O–H groups in total. The normalized spacial score (nSPS) is 14.3. The first-order chi connectivity index (χ1) is 6.50. The molecule has 0 aromatic heterocycles. The van der Waals surface area contributed by atoms with Crippen molar-refractivity contribution >= 4 is 11.9 Å². The first-order valence-corrected chi connectivity index (χ1v) is 4.01. The number of carbonyl (C=O) groups excluding carboxylic acids is 2. The highest BCUT2D eigenvalue weighted by atomic mass is 16.7. The van der Waals surface area contributed by atoms with E-state index < -0.39 is 24.1 Å². The molecule has 1 unspecified atom stereocenters. The van der Waals surface area contributed by atoms with E-state index in [1.165, 1.54) is 0 Å². The van der Waals surface area contributed by atoms with Crippen molar-refractivity contribution in [2.75, 3.05) is 20.8 Å². The summed E-state index contributed by atoms with van der Waals surface area (Å²) in [5.41, 5.74) is 0. The summed E-state index contributed by atoms with van der Waals surface area (Å²) in [4.78, 5) is 21.9. The predicted octanol–water partition coefficient (Wildman–Crippen LogP) is -0.552.